The minimum absolute atomic E-state index is 0.0341. The van der Waals surface area contributed by atoms with Gasteiger partial charge in [-0.2, -0.15) is 0 Å². The maximum absolute atomic E-state index is 12.8. The van der Waals surface area contributed by atoms with Crippen LogP contribution in [0.1, 0.15) is 0 Å². The van der Waals surface area contributed by atoms with Crippen molar-refractivity contribution in [2.24, 2.45) is 10.7 Å². The average molecular weight is 387 g/mol. The largest absolute Gasteiger partial charge is 0.573 e. The molecule has 0 spiro atoms. The van der Waals surface area contributed by atoms with Gasteiger partial charge in [-0.3, -0.25) is 4.99 Å². The van der Waals surface area contributed by atoms with Crippen molar-refractivity contribution in [1.82, 2.24) is 0 Å². The number of para-hydroxylation sites is 2. The molecule has 0 aliphatic rings. The van der Waals surface area contributed by atoms with Gasteiger partial charge in [-0.05, 0) is 36.4 Å². The summed E-state index contributed by atoms with van der Waals surface area (Å²) in [4.78, 5) is 3.84. The van der Waals surface area contributed by atoms with Crippen LogP contribution in [0, 0.1) is 5.82 Å². The first kappa shape index (κ1) is 20.3. The molecule has 4 N–H and O–H groups in total. The lowest BCUT2D eigenvalue weighted by molar-refractivity contribution is -0.274. The minimum Gasteiger partial charge on any atom is -0.491 e. The molecule has 0 aromatic heterocycles. The van der Waals surface area contributed by atoms with Crippen molar-refractivity contribution in [3.05, 3.63) is 54.3 Å². The Balaban J connectivity index is 1.87. The molecule has 0 saturated carbocycles. The molecule has 2 aromatic rings. The number of aliphatic imine (C=N–C) groups is 1. The number of benzene rings is 2. The number of aliphatic hydroxyl groups excluding tert-OH is 1. The van der Waals surface area contributed by atoms with Crippen LogP contribution in [0.5, 0.6) is 11.5 Å². The highest BCUT2D eigenvalue weighted by molar-refractivity contribution is 5.93. The maximum Gasteiger partial charge on any atom is 0.573 e. The van der Waals surface area contributed by atoms with E-state index in [4.69, 9.17) is 10.5 Å². The van der Waals surface area contributed by atoms with Gasteiger partial charge in [-0.1, -0.05) is 12.1 Å². The number of nitrogens with zero attached hydrogens (tertiary/aromatic N) is 1. The Morgan fingerprint density at radius 1 is 1.15 bits per heavy atom. The molecule has 1 unspecified atom stereocenters. The summed E-state index contributed by atoms with van der Waals surface area (Å²) in [6.07, 6.45) is -5.88. The molecule has 10 heteroatoms. The average Bonchev–Trinajstić information content (AvgIpc) is 2.60. The molecule has 146 valence electrons. The molecule has 0 bridgehead atoms. The van der Waals surface area contributed by atoms with Gasteiger partial charge in [0.25, 0.3) is 0 Å². The predicted molar refractivity (Wildman–Crippen MR) is 91.1 cm³/mol. The van der Waals surface area contributed by atoms with E-state index in [1.807, 2.05) is 0 Å². The number of nitrogens with one attached hydrogen (secondary N) is 1. The SMILES string of the molecule is NC(=NCC(O)COc1ccc(F)cc1)Nc1ccccc1OC(F)(F)F. The van der Waals surface area contributed by atoms with Gasteiger partial charge >= 0.3 is 6.36 Å². The van der Waals surface area contributed by atoms with Crippen molar-refractivity contribution in [1.29, 1.82) is 0 Å². The van der Waals surface area contributed by atoms with Crippen molar-refractivity contribution in [2.75, 3.05) is 18.5 Å². The molecule has 1 atom stereocenters. The van der Waals surface area contributed by atoms with Gasteiger partial charge in [0.05, 0.1) is 12.2 Å². The van der Waals surface area contributed by atoms with Crippen LogP contribution < -0.4 is 20.5 Å². The van der Waals surface area contributed by atoms with Crippen molar-refractivity contribution >= 4 is 11.6 Å². The van der Waals surface area contributed by atoms with Crippen LogP contribution in [0.15, 0.2) is 53.5 Å². The van der Waals surface area contributed by atoms with E-state index in [1.54, 1.807) is 0 Å². The lowest BCUT2D eigenvalue weighted by Gasteiger charge is -2.14. The molecule has 0 aliphatic carbocycles. The zero-order valence-corrected chi connectivity index (χ0v) is 13.9. The Morgan fingerprint density at radius 2 is 1.81 bits per heavy atom. The number of ether oxygens (including phenoxy) is 2. The summed E-state index contributed by atoms with van der Waals surface area (Å²) < 4.78 is 59.1. The lowest BCUT2D eigenvalue weighted by Crippen LogP contribution is -2.27. The monoisotopic (exact) mass is 387 g/mol. The summed E-state index contributed by atoms with van der Waals surface area (Å²) in [5, 5.41) is 12.3. The smallest absolute Gasteiger partial charge is 0.491 e. The summed E-state index contributed by atoms with van der Waals surface area (Å²) in [6.45, 7) is -0.293. The first-order valence-corrected chi connectivity index (χ1v) is 7.71. The third kappa shape index (κ3) is 7.40. The Bertz CT molecular complexity index is 767. The minimum atomic E-state index is -4.85. The fourth-order valence-corrected chi connectivity index (χ4v) is 1.94. The molecule has 27 heavy (non-hydrogen) atoms. The zero-order valence-electron chi connectivity index (χ0n) is 13.9. The number of hydrogen-bond acceptors (Lipinski definition) is 4. The first-order valence-electron chi connectivity index (χ1n) is 7.71. The summed E-state index contributed by atoms with van der Waals surface area (Å²) in [5.41, 5.74) is 5.58. The molecule has 6 nitrogen and oxygen atoms in total. The van der Waals surface area contributed by atoms with E-state index in [0.29, 0.717) is 5.75 Å². The molecule has 2 aromatic carbocycles. The number of hydrogen-bond donors (Lipinski definition) is 3. The van der Waals surface area contributed by atoms with Crippen molar-refractivity contribution < 1.29 is 32.1 Å². The maximum atomic E-state index is 12.8. The summed E-state index contributed by atoms with van der Waals surface area (Å²) in [7, 11) is 0. The highest BCUT2D eigenvalue weighted by atomic mass is 19.4. The number of nitrogens with two attached hydrogens (primary N) is 1. The fourth-order valence-electron chi connectivity index (χ4n) is 1.94. The number of aliphatic hydroxyl groups is 1. The number of halogens is 4. The number of rotatable bonds is 7. The van der Waals surface area contributed by atoms with Gasteiger partial charge in [-0.15, -0.1) is 13.2 Å². The number of anilines is 1. The van der Waals surface area contributed by atoms with Gasteiger partial charge in [0.2, 0.25) is 0 Å². The van der Waals surface area contributed by atoms with E-state index in [2.05, 4.69) is 15.0 Å². The third-order valence-corrected chi connectivity index (χ3v) is 3.10. The van der Waals surface area contributed by atoms with Crippen LogP contribution in [0.2, 0.25) is 0 Å². The summed E-state index contributed by atoms with van der Waals surface area (Å²) >= 11 is 0. The van der Waals surface area contributed by atoms with Crippen LogP contribution in [0.4, 0.5) is 23.2 Å². The molecule has 0 fully saturated rings. The quantitative estimate of drug-likeness (QED) is 0.386. The van der Waals surface area contributed by atoms with Gasteiger partial charge in [0, 0.05) is 0 Å². The predicted octanol–water partition coefficient (Wildman–Crippen LogP) is 2.89. The van der Waals surface area contributed by atoms with Crippen molar-refractivity contribution in [3.63, 3.8) is 0 Å². The standard InChI is InChI=1S/C17H17F4N3O3/c18-11-5-7-13(8-6-11)26-10-12(25)9-23-16(22)24-14-3-1-2-4-15(14)27-17(19,20)21/h1-8,12,25H,9-10H2,(H3,22,23,24). The van der Waals surface area contributed by atoms with E-state index in [9.17, 15) is 22.7 Å². The molecule has 0 radical (unpaired) electrons. The van der Waals surface area contributed by atoms with E-state index < -0.39 is 24.0 Å². The Kier molecular flexibility index (Phi) is 6.83. The molecular formula is C17H17F4N3O3. The molecule has 2 rings (SSSR count). The summed E-state index contributed by atoms with van der Waals surface area (Å²) in [5.74, 6) is -0.734. The summed E-state index contributed by atoms with van der Waals surface area (Å²) in [6, 6.07) is 10.5. The van der Waals surface area contributed by atoms with Crippen molar-refractivity contribution in [3.8, 4) is 11.5 Å². The number of alkyl halides is 3. The molecule has 0 saturated heterocycles. The van der Waals surface area contributed by atoms with E-state index in [0.717, 1.165) is 6.07 Å². The Labute approximate surface area is 152 Å². The Hall–Kier alpha value is -3.01. The second-order valence-electron chi connectivity index (χ2n) is 5.31. The van der Waals surface area contributed by atoms with Crippen LogP contribution in [0.3, 0.4) is 0 Å². The topological polar surface area (TPSA) is 89.1 Å². The van der Waals surface area contributed by atoms with Gasteiger partial charge in [-0.25, -0.2) is 4.39 Å². The lowest BCUT2D eigenvalue weighted by atomic mass is 10.3. The molecule has 0 aliphatic heterocycles. The fraction of sp³-hybridized carbons (Fsp3) is 0.235. The van der Waals surface area contributed by atoms with Gasteiger partial charge < -0.3 is 25.6 Å². The highest BCUT2D eigenvalue weighted by Crippen LogP contribution is 2.29. The number of guanidine groups is 1. The second-order valence-corrected chi connectivity index (χ2v) is 5.31. The first-order chi connectivity index (χ1) is 12.7. The molecular weight excluding hydrogens is 370 g/mol. The molecule has 0 heterocycles. The molecule has 0 amide bonds. The van der Waals surface area contributed by atoms with Gasteiger partial charge in [0.1, 0.15) is 24.3 Å². The highest BCUT2D eigenvalue weighted by Gasteiger charge is 2.32. The normalized spacial score (nSPS) is 13.1. The van der Waals surface area contributed by atoms with Crippen LogP contribution in [-0.2, 0) is 0 Å². The zero-order chi connectivity index (χ0) is 19.9. The van der Waals surface area contributed by atoms with E-state index in [1.165, 1.54) is 42.5 Å². The second kappa shape index (κ2) is 9.08. The van der Waals surface area contributed by atoms with E-state index in [-0.39, 0.29) is 24.8 Å². The van der Waals surface area contributed by atoms with Crippen LogP contribution in [-0.4, -0.2) is 36.7 Å². The Morgan fingerprint density at radius 3 is 2.48 bits per heavy atom. The van der Waals surface area contributed by atoms with Crippen LogP contribution >= 0.6 is 0 Å². The van der Waals surface area contributed by atoms with Crippen molar-refractivity contribution in [2.45, 2.75) is 12.5 Å². The third-order valence-electron chi connectivity index (χ3n) is 3.10. The van der Waals surface area contributed by atoms with Crippen LogP contribution in [0.25, 0.3) is 0 Å². The van der Waals surface area contributed by atoms with E-state index >= 15 is 0 Å². The van der Waals surface area contributed by atoms with Gasteiger partial charge in [0.15, 0.2) is 11.7 Å².